The molecule has 0 bridgehead atoms. The molecular formula is C10H14NO3-. The van der Waals surface area contributed by atoms with Gasteiger partial charge in [0.2, 0.25) is 0 Å². The number of methoxy groups -OCH3 is 2. The fourth-order valence-corrected chi connectivity index (χ4v) is 1.24. The smallest absolute Gasteiger partial charge is 0.161 e. The van der Waals surface area contributed by atoms with Gasteiger partial charge in [0.25, 0.3) is 0 Å². The van der Waals surface area contributed by atoms with E-state index in [0.717, 1.165) is 10.6 Å². The molecular weight excluding hydrogens is 182 g/mol. The molecule has 0 aliphatic carbocycles. The van der Waals surface area contributed by atoms with Gasteiger partial charge in [0.15, 0.2) is 11.5 Å². The molecule has 0 saturated carbocycles. The summed E-state index contributed by atoms with van der Waals surface area (Å²) in [5.41, 5.74) is 0.903. The minimum Gasteiger partial charge on any atom is -0.785 e. The van der Waals surface area contributed by atoms with Crippen molar-refractivity contribution in [3.8, 4) is 11.5 Å². The number of nitrogens with zero attached hydrogens (tertiary/aromatic N) is 1. The van der Waals surface area contributed by atoms with E-state index in [1.54, 1.807) is 26.4 Å². The van der Waals surface area contributed by atoms with Crippen molar-refractivity contribution in [2.45, 2.75) is 6.54 Å². The van der Waals surface area contributed by atoms with Gasteiger partial charge in [-0.3, -0.25) is 0 Å². The van der Waals surface area contributed by atoms with Crippen LogP contribution in [0.25, 0.3) is 0 Å². The molecule has 0 heterocycles. The Morgan fingerprint density at radius 3 is 2.36 bits per heavy atom. The minimum absolute atomic E-state index is 0.348. The Morgan fingerprint density at radius 2 is 1.86 bits per heavy atom. The summed E-state index contributed by atoms with van der Waals surface area (Å²) in [5, 5.41) is 11.7. The Bertz CT molecular complexity index is 299. The number of hydrogen-bond donors (Lipinski definition) is 0. The topological polar surface area (TPSA) is 44.8 Å². The number of ether oxygens (including phenoxy) is 2. The molecule has 14 heavy (non-hydrogen) atoms. The molecule has 0 aliphatic heterocycles. The van der Waals surface area contributed by atoms with E-state index in [2.05, 4.69) is 0 Å². The van der Waals surface area contributed by atoms with Crippen LogP contribution in [0.5, 0.6) is 11.5 Å². The molecule has 0 aromatic heterocycles. The van der Waals surface area contributed by atoms with Gasteiger partial charge in [0, 0.05) is 6.54 Å². The zero-order chi connectivity index (χ0) is 10.6. The van der Waals surface area contributed by atoms with Crippen molar-refractivity contribution in [3.05, 3.63) is 29.0 Å². The van der Waals surface area contributed by atoms with Gasteiger partial charge in [0.1, 0.15) is 0 Å². The lowest BCUT2D eigenvalue weighted by atomic mass is 10.2. The standard InChI is InChI=1S/C10H14NO3/c1-11(12)7-8-4-5-9(13-2)10(6-8)14-3/h4-6H,7H2,1-3H3/q-1. The molecule has 0 radical (unpaired) electrons. The highest BCUT2D eigenvalue weighted by Crippen LogP contribution is 2.27. The molecule has 0 aliphatic rings. The first-order valence-corrected chi connectivity index (χ1v) is 4.26. The fourth-order valence-electron chi connectivity index (χ4n) is 1.24. The Labute approximate surface area is 83.6 Å². The van der Waals surface area contributed by atoms with Gasteiger partial charge in [-0.1, -0.05) is 6.07 Å². The molecule has 0 unspecified atom stereocenters. The van der Waals surface area contributed by atoms with Crippen LogP contribution in [-0.4, -0.2) is 26.3 Å². The summed E-state index contributed by atoms with van der Waals surface area (Å²) in [5.74, 6) is 1.32. The van der Waals surface area contributed by atoms with Crippen LogP contribution < -0.4 is 9.47 Å². The Balaban J connectivity index is 2.89. The average molecular weight is 196 g/mol. The van der Waals surface area contributed by atoms with Crippen LogP contribution >= 0.6 is 0 Å². The first-order chi connectivity index (χ1) is 6.67. The molecule has 0 N–H and O–H groups in total. The van der Waals surface area contributed by atoms with Crippen molar-refractivity contribution < 1.29 is 9.47 Å². The summed E-state index contributed by atoms with van der Waals surface area (Å²) in [6, 6.07) is 5.43. The van der Waals surface area contributed by atoms with Crippen molar-refractivity contribution >= 4 is 0 Å². The van der Waals surface area contributed by atoms with E-state index < -0.39 is 0 Å². The van der Waals surface area contributed by atoms with Gasteiger partial charge in [-0.15, -0.1) is 0 Å². The fraction of sp³-hybridized carbons (Fsp3) is 0.400. The lowest BCUT2D eigenvalue weighted by Gasteiger charge is -2.22. The lowest BCUT2D eigenvalue weighted by Crippen LogP contribution is -2.08. The van der Waals surface area contributed by atoms with Gasteiger partial charge >= 0.3 is 0 Å². The van der Waals surface area contributed by atoms with E-state index in [9.17, 15) is 5.21 Å². The van der Waals surface area contributed by atoms with Gasteiger partial charge in [0.05, 0.1) is 14.2 Å². The number of hydroxylamine groups is 2. The minimum atomic E-state index is 0.348. The van der Waals surface area contributed by atoms with E-state index >= 15 is 0 Å². The van der Waals surface area contributed by atoms with Crippen LogP contribution in [0.4, 0.5) is 0 Å². The predicted octanol–water partition coefficient (Wildman–Crippen LogP) is 1.63. The second-order valence-corrected chi connectivity index (χ2v) is 2.98. The maximum Gasteiger partial charge on any atom is 0.161 e. The predicted molar refractivity (Wildman–Crippen MR) is 54.4 cm³/mol. The van der Waals surface area contributed by atoms with Gasteiger partial charge in [-0.2, -0.15) is 0 Å². The quantitative estimate of drug-likeness (QED) is 0.686. The largest absolute Gasteiger partial charge is 0.785 e. The molecule has 1 aromatic carbocycles. The lowest BCUT2D eigenvalue weighted by molar-refractivity contribution is 0.353. The van der Waals surface area contributed by atoms with Gasteiger partial charge in [-0.05, 0) is 24.7 Å². The second-order valence-electron chi connectivity index (χ2n) is 2.98. The highest BCUT2D eigenvalue weighted by Gasteiger charge is 2.03. The maximum absolute atomic E-state index is 10.8. The van der Waals surface area contributed by atoms with Crippen LogP contribution in [0.1, 0.15) is 5.56 Å². The van der Waals surface area contributed by atoms with Crippen LogP contribution in [0, 0.1) is 5.21 Å². The van der Waals surface area contributed by atoms with E-state index in [-0.39, 0.29) is 0 Å². The SMILES string of the molecule is COc1ccc(CN(C)[O-])cc1OC. The molecule has 0 fully saturated rings. The normalized spacial score (nSPS) is 10.4. The third kappa shape index (κ3) is 2.61. The Kier molecular flexibility index (Phi) is 3.73. The summed E-state index contributed by atoms with van der Waals surface area (Å²) >= 11 is 0. The first-order valence-electron chi connectivity index (χ1n) is 4.26. The first kappa shape index (κ1) is 10.8. The number of rotatable bonds is 4. The summed E-state index contributed by atoms with van der Waals surface area (Å²) in [7, 11) is 4.64. The van der Waals surface area contributed by atoms with Crippen molar-refractivity contribution in [1.29, 1.82) is 0 Å². The third-order valence-electron chi connectivity index (χ3n) is 1.85. The zero-order valence-electron chi connectivity index (χ0n) is 8.61. The second kappa shape index (κ2) is 4.83. The highest BCUT2D eigenvalue weighted by atomic mass is 16.5. The summed E-state index contributed by atoms with van der Waals surface area (Å²) in [6.45, 7) is 0.348. The molecule has 1 rings (SSSR count). The molecule has 78 valence electrons. The van der Waals surface area contributed by atoms with E-state index in [4.69, 9.17) is 9.47 Å². The van der Waals surface area contributed by atoms with Crippen molar-refractivity contribution in [2.75, 3.05) is 21.3 Å². The Morgan fingerprint density at radius 1 is 1.21 bits per heavy atom. The van der Waals surface area contributed by atoms with Crippen molar-refractivity contribution in [1.82, 2.24) is 5.06 Å². The van der Waals surface area contributed by atoms with Crippen molar-refractivity contribution in [3.63, 3.8) is 0 Å². The van der Waals surface area contributed by atoms with E-state index in [1.807, 2.05) is 6.07 Å². The molecule has 0 spiro atoms. The zero-order valence-corrected chi connectivity index (χ0v) is 8.61. The Hall–Kier alpha value is -1.26. The van der Waals surface area contributed by atoms with E-state index in [0.29, 0.717) is 18.0 Å². The molecule has 0 saturated heterocycles. The molecule has 0 atom stereocenters. The molecule has 4 heteroatoms. The van der Waals surface area contributed by atoms with Gasteiger partial charge in [-0.25, -0.2) is 0 Å². The van der Waals surface area contributed by atoms with E-state index in [1.165, 1.54) is 7.05 Å². The third-order valence-corrected chi connectivity index (χ3v) is 1.85. The van der Waals surface area contributed by atoms with Crippen LogP contribution in [0.15, 0.2) is 18.2 Å². The van der Waals surface area contributed by atoms with Crippen LogP contribution in [0.3, 0.4) is 0 Å². The summed E-state index contributed by atoms with van der Waals surface area (Å²) < 4.78 is 10.2. The number of hydrogen-bond acceptors (Lipinski definition) is 4. The maximum atomic E-state index is 10.8. The van der Waals surface area contributed by atoms with Crippen LogP contribution in [0.2, 0.25) is 0 Å². The summed E-state index contributed by atoms with van der Waals surface area (Å²) in [4.78, 5) is 0. The molecule has 0 amide bonds. The molecule has 1 aromatic rings. The van der Waals surface area contributed by atoms with Crippen LogP contribution in [-0.2, 0) is 6.54 Å². The monoisotopic (exact) mass is 196 g/mol. The average Bonchev–Trinajstić information content (AvgIpc) is 2.16. The highest BCUT2D eigenvalue weighted by molar-refractivity contribution is 5.42. The number of benzene rings is 1. The van der Waals surface area contributed by atoms with Crippen molar-refractivity contribution in [2.24, 2.45) is 0 Å². The molecule has 4 nitrogen and oxygen atoms in total. The van der Waals surface area contributed by atoms with Gasteiger partial charge < -0.3 is 19.7 Å². The summed E-state index contributed by atoms with van der Waals surface area (Å²) in [6.07, 6.45) is 0.